The lowest BCUT2D eigenvalue weighted by molar-refractivity contribution is -0.139. The number of carbonyl (C=O) groups is 8. The molecule has 1 aliphatic rings. The van der Waals surface area contributed by atoms with Crippen molar-refractivity contribution in [2.24, 2.45) is 17.2 Å². The zero-order valence-corrected chi connectivity index (χ0v) is 41.7. The molecule has 1 fully saturated rings. The Balaban J connectivity index is 1.76. The van der Waals surface area contributed by atoms with Gasteiger partial charge in [-0.2, -0.15) is 0 Å². The van der Waals surface area contributed by atoms with Crippen molar-refractivity contribution in [1.29, 1.82) is 10.8 Å². The molecule has 0 radical (unpaired) electrons. The zero-order chi connectivity index (χ0) is 55.0. The highest BCUT2D eigenvalue weighted by Gasteiger charge is 2.36. The van der Waals surface area contributed by atoms with Gasteiger partial charge in [0.25, 0.3) is 0 Å². The number of amides is 7. The fourth-order valence-electron chi connectivity index (χ4n) is 8.37. The van der Waals surface area contributed by atoms with Gasteiger partial charge in [0.15, 0.2) is 11.9 Å². The Bertz CT molecular complexity index is 2440. The number of para-hydroxylation sites is 1. The number of carboxylic acids is 1. The Morgan fingerprint density at radius 2 is 1.43 bits per heavy atom. The number of primary amides is 1. The van der Waals surface area contributed by atoms with E-state index >= 15 is 0 Å². The highest BCUT2D eigenvalue weighted by molar-refractivity contribution is 5.95. The van der Waals surface area contributed by atoms with E-state index in [9.17, 15) is 53.7 Å². The molecule has 1 saturated heterocycles. The van der Waals surface area contributed by atoms with Crippen molar-refractivity contribution in [2.75, 3.05) is 19.6 Å². The molecule has 2 aromatic carbocycles. The van der Waals surface area contributed by atoms with E-state index in [-0.39, 0.29) is 89.3 Å². The molecule has 410 valence electrons. The molecule has 0 aliphatic carbocycles. The molecule has 3 aromatic rings. The minimum atomic E-state index is -2.01. The van der Waals surface area contributed by atoms with Crippen LogP contribution in [0.1, 0.15) is 75.8 Å². The first kappa shape index (κ1) is 59.7. The van der Waals surface area contributed by atoms with Crippen LogP contribution in [-0.2, 0) is 51.2 Å². The Morgan fingerprint density at radius 1 is 0.787 bits per heavy atom. The van der Waals surface area contributed by atoms with Gasteiger partial charge in [-0.15, -0.1) is 0 Å². The Hall–Kier alpha value is -7.88. The number of nitrogens with one attached hydrogen (secondary N) is 13. The number of carboxylic acid groups (broad SMARTS) is 1. The Labute approximate surface area is 432 Å². The van der Waals surface area contributed by atoms with Crippen LogP contribution < -0.4 is 70.4 Å². The van der Waals surface area contributed by atoms with Crippen LogP contribution in [0.3, 0.4) is 0 Å². The van der Waals surface area contributed by atoms with Gasteiger partial charge >= 0.3 is 5.97 Å². The molecule has 27 nitrogen and oxygen atoms in total. The fourth-order valence-corrected chi connectivity index (χ4v) is 8.37. The van der Waals surface area contributed by atoms with Gasteiger partial charge in [-0.1, -0.05) is 48.5 Å². The predicted molar refractivity (Wildman–Crippen MR) is 275 cm³/mol. The summed E-state index contributed by atoms with van der Waals surface area (Å²) < 4.78 is 0. The lowest BCUT2D eigenvalue weighted by atomic mass is 10.0. The van der Waals surface area contributed by atoms with Gasteiger partial charge in [0, 0.05) is 50.1 Å². The van der Waals surface area contributed by atoms with E-state index in [2.05, 4.69) is 58.2 Å². The molecule has 4 rings (SSSR count). The molecule has 7 amide bonds. The smallest absolute Gasteiger partial charge is 0.305 e. The maximum absolute atomic E-state index is 14.6. The summed E-state index contributed by atoms with van der Waals surface area (Å²) in [5, 5.41) is 75.3. The lowest BCUT2D eigenvalue weighted by Crippen LogP contribution is -2.62. The summed E-state index contributed by atoms with van der Waals surface area (Å²) in [5.74, 6) is -7.89. The van der Waals surface area contributed by atoms with Gasteiger partial charge in [-0.3, -0.25) is 59.8 Å². The summed E-state index contributed by atoms with van der Waals surface area (Å²) in [5.41, 5.74) is 18.6. The maximum atomic E-state index is 14.6. The summed E-state index contributed by atoms with van der Waals surface area (Å²) in [4.78, 5) is 112. The SMILES string of the molecule is CC(=O)N[C@@H](CCCNC(=N)N)C(O)N[C@H]1CC(=O)NCCCC[C@@H](C(N)=O)NC(=O)[C@H](Cc2c[nH]c3ccccc23)NC(=O)[C@H](CCCNC(=N)N)NC(=O)[C@@H](Cc2ccccc2)NC(O)[C@@H](CC(=O)O)NC1=O. The zero-order valence-electron chi connectivity index (χ0n) is 41.7. The van der Waals surface area contributed by atoms with E-state index in [0.717, 1.165) is 10.9 Å². The van der Waals surface area contributed by atoms with Crippen molar-refractivity contribution in [3.8, 4) is 0 Å². The van der Waals surface area contributed by atoms with Crippen molar-refractivity contribution < 1.29 is 53.7 Å². The van der Waals surface area contributed by atoms with E-state index < -0.39 is 115 Å². The number of guanidine groups is 2. The maximum Gasteiger partial charge on any atom is 0.305 e. The third kappa shape index (κ3) is 20.9. The van der Waals surface area contributed by atoms with E-state index in [4.69, 9.17) is 28.0 Å². The molecule has 0 spiro atoms. The van der Waals surface area contributed by atoms with Crippen LogP contribution in [0.4, 0.5) is 0 Å². The van der Waals surface area contributed by atoms with E-state index in [0.29, 0.717) is 11.1 Å². The molecule has 22 N–H and O–H groups in total. The number of hydrogen-bond acceptors (Lipinski definition) is 14. The highest BCUT2D eigenvalue weighted by atomic mass is 16.4. The average molecular weight is 1050 g/mol. The molecule has 2 unspecified atom stereocenters. The summed E-state index contributed by atoms with van der Waals surface area (Å²) in [6, 6.07) is 5.81. The van der Waals surface area contributed by atoms with Gasteiger partial charge < -0.3 is 80.0 Å². The monoisotopic (exact) mass is 1050 g/mol. The molecule has 1 aromatic heterocycles. The third-order valence-electron chi connectivity index (χ3n) is 12.2. The van der Waals surface area contributed by atoms with Crippen LogP contribution in [0.5, 0.6) is 0 Å². The van der Waals surface area contributed by atoms with Crippen molar-refractivity contribution in [2.45, 2.75) is 132 Å². The number of benzene rings is 2. The average Bonchev–Trinajstić information content (AvgIpc) is 3.76. The van der Waals surface area contributed by atoms with Crippen LogP contribution in [-0.4, -0.2) is 154 Å². The van der Waals surface area contributed by atoms with Crippen molar-refractivity contribution in [3.63, 3.8) is 0 Å². The largest absolute Gasteiger partial charge is 0.481 e. The van der Waals surface area contributed by atoms with Crippen molar-refractivity contribution >= 4 is 70.1 Å². The van der Waals surface area contributed by atoms with Crippen LogP contribution in [0.25, 0.3) is 10.9 Å². The second-order valence-electron chi connectivity index (χ2n) is 18.2. The number of H-pyrrole nitrogens is 1. The van der Waals surface area contributed by atoms with Crippen LogP contribution >= 0.6 is 0 Å². The van der Waals surface area contributed by atoms with Gasteiger partial charge in [0.1, 0.15) is 30.6 Å². The second kappa shape index (κ2) is 30.3. The fraction of sp³-hybridized carbons (Fsp3) is 0.500. The molecule has 9 atom stereocenters. The number of rotatable bonds is 19. The predicted octanol–water partition coefficient (Wildman–Crippen LogP) is -3.87. The van der Waals surface area contributed by atoms with Gasteiger partial charge in [-0.25, -0.2) is 0 Å². The summed E-state index contributed by atoms with van der Waals surface area (Å²) >= 11 is 0. The number of aliphatic hydroxyl groups excluding tert-OH is 2. The third-order valence-corrected chi connectivity index (χ3v) is 12.2. The molecule has 0 saturated carbocycles. The standard InChI is InChI=1S/C48H72N16O11/c1-26(65)58-32(16-9-19-55-47(50)51)41(70)63-36-23-38(66)54-18-8-7-15-31(40(49)69)59-44(73)35(22-28-25-57-30-14-6-5-13-29(28)30)62-42(71)33(17-10-20-56-48(52)53)60-43(72)34(21-27-11-3-2-4-12-27)61-46(75)37(24-39(67)68)64-45(36)74/h2-6,11-14,25,31-37,41,46,57,61,63,70,75H,7-10,15-24H2,1H3,(H2,49,69)(H,54,66)(H,58,65)(H,59,73)(H,60,72)(H,62,71)(H,64,74)(H,67,68)(H4,50,51,55)(H4,52,53,56)/t31-,32-,33-,34+,35-,36-,37+,41?,46?/m0/s1. The molecular weight excluding hydrogens is 977 g/mol. The molecular formula is C48H72N16O11. The topological polar surface area (TPSA) is 459 Å². The number of carbonyl (C=O) groups excluding carboxylic acids is 7. The molecule has 1 aliphatic heterocycles. The minimum Gasteiger partial charge on any atom is -0.481 e. The Kier molecular flexibility index (Phi) is 24.1. The first-order chi connectivity index (χ1) is 35.7. The van der Waals surface area contributed by atoms with Gasteiger partial charge in [0.2, 0.25) is 41.4 Å². The van der Waals surface area contributed by atoms with Gasteiger partial charge in [0.05, 0.1) is 37.0 Å². The minimum absolute atomic E-state index is 0.000867. The first-order valence-electron chi connectivity index (χ1n) is 24.6. The lowest BCUT2D eigenvalue weighted by Gasteiger charge is -2.32. The normalized spacial score (nSPS) is 22.7. The van der Waals surface area contributed by atoms with Crippen molar-refractivity contribution in [1.82, 2.24) is 58.2 Å². The molecule has 2 heterocycles. The van der Waals surface area contributed by atoms with E-state index in [1.165, 1.54) is 6.92 Å². The number of aromatic nitrogens is 1. The number of hydrogen-bond donors (Lipinski definition) is 19. The van der Waals surface area contributed by atoms with Gasteiger partial charge in [-0.05, 0) is 68.6 Å². The molecule has 0 bridgehead atoms. The quantitative estimate of drug-likeness (QED) is 0.0236. The number of aliphatic hydroxyl groups is 2. The number of nitrogens with two attached hydrogens (primary N) is 3. The summed E-state index contributed by atoms with van der Waals surface area (Å²) in [6.07, 6.45) is -3.04. The van der Waals surface area contributed by atoms with Crippen LogP contribution in [0.15, 0.2) is 60.8 Å². The number of fused-ring (bicyclic) bond motifs is 1. The molecule has 27 heteroatoms. The molecule has 75 heavy (non-hydrogen) atoms. The van der Waals surface area contributed by atoms with E-state index in [1.807, 2.05) is 18.2 Å². The summed E-state index contributed by atoms with van der Waals surface area (Å²) in [6.45, 7) is 1.46. The number of aromatic amines is 1. The van der Waals surface area contributed by atoms with Crippen LogP contribution in [0.2, 0.25) is 0 Å². The highest BCUT2D eigenvalue weighted by Crippen LogP contribution is 2.20. The summed E-state index contributed by atoms with van der Waals surface area (Å²) in [7, 11) is 0. The van der Waals surface area contributed by atoms with E-state index in [1.54, 1.807) is 42.6 Å². The second-order valence-corrected chi connectivity index (χ2v) is 18.2. The van der Waals surface area contributed by atoms with Crippen LogP contribution in [0, 0.1) is 10.8 Å². The first-order valence-corrected chi connectivity index (χ1v) is 24.6. The Morgan fingerprint density at radius 3 is 2.09 bits per heavy atom. The number of aliphatic carboxylic acids is 1. The van der Waals surface area contributed by atoms with Crippen molar-refractivity contribution in [3.05, 3.63) is 71.9 Å².